The lowest BCUT2D eigenvalue weighted by atomic mass is 10.1. The molecular formula is C12H18N2O2. The van der Waals surface area contributed by atoms with Crippen molar-refractivity contribution < 1.29 is 9.53 Å². The SMILES string of the molecule is COC(=O)CCc1cnc(C2CCCC2)[nH]1. The molecule has 1 aromatic rings. The van der Waals surface area contributed by atoms with Gasteiger partial charge in [-0.2, -0.15) is 0 Å². The highest BCUT2D eigenvalue weighted by molar-refractivity contribution is 5.69. The lowest BCUT2D eigenvalue weighted by Gasteiger charge is -2.03. The molecular weight excluding hydrogens is 204 g/mol. The Morgan fingerprint density at radius 3 is 3.00 bits per heavy atom. The van der Waals surface area contributed by atoms with Gasteiger partial charge in [0.15, 0.2) is 0 Å². The molecule has 0 amide bonds. The maximum Gasteiger partial charge on any atom is 0.305 e. The van der Waals surface area contributed by atoms with Crippen molar-refractivity contribution in [2.45, 2.75) is 44.4 Å². The van der Waals surface area contributed by atoms with E-state index in [1.165, 1.54) is 32.8 Å². The van der Waals surface area contributed by atoms with Crippen LogP contribution in [-0.2, 0) is 16.0 Å². The highest BCUT2D eigenvalue weighted by Gasteiger charge is 2.19. The average Bonchev–Trinajstić information content (AvgIpc) is 2.95. The molecule has 0 atom stereocenters. The summed E-state index contributed by atoms with van der Waals surface area (Å²) in [6.07, 6.45) is 8.05. The van der Waals surface area contributed by atoms with Gasteiger partial charge in [0.1, 0.15) is 5.82 Å². The molecule has 0 saturated heterocycles. The van der Waals surface area contributed by atoms with Crippen LogP contribution in [0.4, 0.5) is 0 Å². The zero-order valence-corrected chi connectivity index (χ0v) is 9.66. The van der Waals surface area contributed by atoms with E-state index in [0.717, 1.165) is 11.5 Å². The summed E-state index contributed by atoms with van der Waals surface area (Å²) in [5.74, 6) is 1.53. The van der Waals surface area contributed by atoms with Crippen molar-refractivity contribution in [1.29, 1.82) is 0 Å². The number of nitrogens with one attached hydrogen (secondary N) is 1. The van der Waals surface area contributed by atoms with Gasteiger partial charge >= 0.3 is 5.97 Å². The largest absolute Gasteiger partial charge is 0.469 e. The van der Waals surface area contributed by atoms with Gasteiger partial charge in [0.2, 0.25) is 0 Å². The molecule has 0 aromatic carbocycles. The summed E-state index contributed by atoms with van der Waals surface area (Å²) in [5, 5.41) is 0. The molecule has 0 radical (unpaired) electrons. The van der Waals surface area contributed by atoms with E-state index in [1.54, 1.807) is 0 Å². The summed E-state index contributed by atoms with van der Waals surface area (Å²) in [7, 11) is 1.42. The standard InChI is InChI=1S/C12H18N2O2/c1-16-11(15)7-6-10-8-13-12(14-10)9-4-2-3-5-9/h8-9H,2-7H2,1H3,(H,13,14). The van der Waals surface area contributed by atoms with E-state index in [4.69, 9.17) is 0 Å². The minimum absolute atomic E-state index is 0.169. The van der Waals surface area contributed by atoms with Gasteiger partial charge in [-0.05, 0) is 19.3 Å². The number of rotatable bonds is 4. The third-order valence-corrected chi connectivity index (χ3v) is 3.22. The first kappa shape index (κ1) is 11.2. The summed E-state index contributed by atoms with van der Waals surface area (Å²) in [6.45, 7) is 0. The van der Waals surface area contributed by atoms with Crippen LogP contribution in [-0.4, -0.2) is 23.0 Å². The van der Waals surface area contributed by atoms with E-state index in [0.29, 0.717) is 18.8 Å². The molecule has 1 N–H and O–H groups in total. The van der Waals surface area contributed by atoms with E-state index < -0.39 is 0 Å². The van der Waals surface area contributed by atoms with E-state index >= 15 is 0 Å². The van der Waals surface area contributed by atoms with Crippen LogP contribution < -0.4 is 0 Å². The minimum Gasteiger partial charge on any atom is -0.469 e. The first-order chi connectivity index (χ1) is 7.79. The van der Waals surface area contributed by atoms with Crippen molar-refractivity contribution in [3.05, 3.63) is 17.7 Å². The number of H-pyrrole nitrogens is 1. The monoisotopic (exact) mass is 222 g/mol. The summed E-state index contributed by atoms with van der Waals surface area (Å²) < 4.78 is 4.61. The molecule has 2 rings (SSSR count). The molecule has 0 aliphatic heterocycles. The van der Waals surface area contributed by atoms with Gasteiger partial charge in [-0.3, -0.25) is 4.79 Å². The number of hydrogen-bond acceptors (Lipinski definition) is 3. The van der Waals surface area contributed by atoms with Crippen LogP contribution >= 0.6 is 0 Å². The number of aryl methyl sites for hydroxylation is 1. The van der Waals surface area contributed by atoms with Crippen molar-refractivity contribution in [3.63, 3.8) is 0 Å². The predicted octanol–water partition coefficient (Wildman–Crippen LogP) is 2.17. The number of aromatic amines is 1. The second kappa shape index (κ2) is 5.14. The normalized spacial score (nSPS) is 16.6. The van der Waals surface area contributed by atoms with Gasteiger partial charge in [0.05, 0.1) is 13.5 Å². The van der Waals surface area contributed by atoms with Gasteiger partial charge in [0.25, 0.3) is 0 Å². The molecule has 88 valence electrons. The highest BCUT2D eigenvalue weighted by Crippen LogP contribution is 2.32. The first-order valence-electron chi connectivity index (χ1n) is 5.90. The molecule has 1 aromatic heterocycles. The van der Waals surface area contributed by atoms with Crippen molar-refractivity contribution in [2.24, 2.45) is 0 Å². The van der Waals surface area contributed by atoms with Crippen LogP contribution in [0.5, 0.6) is 0 Å². The number of methoxy groups -OCH3 is 1. The fourth-order valence-electron chi connectivity index (χ4n) is 2.25. The maximum absolute atomic E-state index is 11.0. The number of esters is 1. The molecule has 1 heterocycles. The van der Waals surface area contributed by atoms with Crippen molar-refractivity contribution in [3.8, 4) is 0 Å². The quantitative estimate of drug-likeness (QED) is 0.794. The molecule has 1 aliphatic rings. The third-order valence-electron chi connectivity index (χ3n) is 3.22. The van der Waals surface area contributed by atoms with Gasteiger partial charge in [0, 0.05) is 17.8 Å². The van der Waals surface area contributed by atoms with Crippen LogP contribution in [0.1, 0.15) is 49.5 Å². The molecule has 0 spiro atoms. The lowest BCUT2D eigenvalue weighted by molar-refractivity contribution is -0.140. The fourth-order valence-corrected chi connectivity index (χ4v) is 2.25. The Morgan fingerprint density at radius 1 is 1.56 bits per heavy atom. The lowest BCUT2D eigenvalue weighted by Crippen LogP contribution is -2.02. The van der Waals surface area contributed by atoms with E-state index in [1.807, 2.05) is 6.20 Å². The Hall–Kier alpha value is -1.32. The second-order valence-electron chi connectivity index (χ2n) is 4.35. The number of carbonyl (C=O) groups is 1. The van der Waals surface area contributed by atoms with E-state index in [-0.39, 0.29) is 5.97 Å². The van der Waals surface area contributed by atoms with Crippen LogP contribution in [0.25, 0.3) is 0 Å². The zero-order valence-electron chi connectivity index (χ0n) is 9.66. The molecule has 1 saturated carbocycles. The summed E-state index contributed by atoms with van der Waals surface area (Å²) in [5.41, 5.74) is 1.03. The van der Waals surface area contributed by atoms with Gasteiger partial charge in [-0.25, -0.2) is 4.98 Å². The Balaban J connectivity index is 1.89. The molecule has 0 unspecified atom stereocenters. The van der Waals surface area contributed by atoms with Crippen LogP contribution in [0, 0.1) is 0 Å². The highest BCUT2D eigenvalue weighted by atomic mass is 16.5. The Labute approximate surface area is 95.4 Å². The van der Waals surface area contributed by atoms with Gasteiger partial charge in [-0.1, -0.05) is 12.8 Å². The van der Waals surface area contributed by atoms with E-state index in [2.05, 4.69) is 14.7 Å². The number of carbonyl (C=O) groups excluding carboxylic acids is 1. The van der Waals surface area contributed by atoms with Crippen molar-refractivity contribution >= 4 is 5.97 Å². The number of imidazole rings is 1. The summed E-state index contributed by atoms with van der Waals surface area (Å²) >= 11 is 0. The number of ether oxygens (including phenoxy) is 1. The Kier molecular flexibility index (Phi) is 3.59. The van der Waals surface area contributed by atoms with Crippen molar-refractivity contribution in [2.75, 3.05) is 7.11 Å². The average molecular weight is 222 g/mol. The molecule has 0 bridgehead atoms. The number of hydrogen-bond donors (Lipinski definition) is 1. The second-order valence-corrected chi connectivity index (χ2v) is 4.35. The zero-order chi connectivity index (χ0) is 11.4. The van der Waals surface area contributed by atoms with Crippen molar-refractivity contribution in [1.82, 2.24) is 9.97 Å². The van der Waals surface area contributed by atoms with Crippen LogP contribution in [0.2, 0.25) is 0 Å². The molecule has 1 aliphatic carbocycles. The van der Waals surface area contributed by atoms with Gasteiger partial charge < -0.3 is 9.72 Å². The van der Waals surface area contributed by atoms with E-state index in [9.17, 15) is 4.79 Å². The molecule has 1 fully saturated rings. The number of nitrogens with zero attached hydrogens (tertiary/aromatic N) is 1. The molecule has 4 heteroatoms. The Bertz CT molecular complexity index is 354. The molecule has 16 heavy (non-hydrogen) atoms. The Morgan fingerprint density at radius 2 is 2.31 bits per heavy atom. The minimum atomic E-state index is -0.169. The van der Waals surface area contributed by atoms with Gasteiger partial charge in [-0.15, -0.1) is 0 Å². The van der Waals surface area contributed by atoms with Crippen LogP contribution in [0.15, 0.2) is 6.20 Å². The number of aromatic nitrogens is 2. The summed E-state index contributed by atoms with van der Waals surface area (Å²) in [6, 6.07) is 0. The first-order valence-corrected chi connectivity index (χ1v) is 5.90. The maximum atomic E-state index is 11.0. The predicted molar refractivity (Wildman–Crippen MR) is 60.1 cm³/mol. The fraction of sp³-hybridized carbons (Fsp3) is 0.667. The smallest absolute Gasteiger partial charge is 0.305 e. The third kappa shape index (κ3) is 2.62. The van der Waals surface area contributed by atoms with Crippen LogP contribution in [0.3, 0.4) is 0 Å². The summed E-state index contributed by atoms with van der Waals surface area (Å²) in [4.78, 5) is 18.7. The molecule has 4 nitrogen and oxygen atoms in total. The topological polar surface area (TPSA) is 55.0 Å².